The number of amides is 1. The fraction of sp³-hybridized carbons (Fsp3) is 0.900. The van der Waals surface area contributed by atoms with Gasteiger partial charge in [0.25, 0.3) is 0 Å². The first kappa shape index (κ1) is 10.8. The molecule has 0 bridgehead atoms. The van der Waals surface area contributed by atoms with E-state index >= 15 is 0 Å². The molecule has 0 spiro atoms. The average molecular weight is 278 g/mol. The Kier molecular flexibility index (Phi) is 3.77. The highest BCUT2D eigenvalue weighted by Crippen LogP contribution is 2.36. The number of alkyl halides is 1. The lowest BCUT2D eigenvalue weighted by molar-refractivity contribution is -0.124. The second kappa shape index (κ2) is 4.88. The summed E-state index contributed by atoms with van der Waals surface area (Å²) in [7, 11) is 0. The summed E-state index contributed by atoms with van der Waals surface area (Å²) < 4.78 is 0. The van der Waals surface area contributed by atoms with Crippen LogP contribution in [0.1, 0.15) is 19.3 Å². The lowest BCUT2D eigenvalue weighted by Crippen LogP contribution is -2.35. The Morgan fingerprint density at radius 2 is 2.29 bits per heavy atom. The fourth-order valence-corrected chi connectivity index (χ4v) is 3.62. The van der Waals surface area contributed by atoms with Gasteiger partial charge < -0.3 is 5.32 Å². The van der Waals surface area contributed by atoms with Crippen LogP contribution in [0.2, 0.25) is 0 Å². The van der Waals surface area contributed by atoms with Gasteiger partial charge in [-0.2, -0.15) is 11.8 Å². The Hall–Kier alpha value is 0.300. The van der Waals surface area contributed by atoms with Crippen molar-refractivity contribution in [2.24, 2.45) is 11.8 Å². The maximum atomic E-state index is 11.6. The zero-order valence-corrected chi connectivity index (χ0v) is 10.6. The number of halogens is 1. The molecular formula is C10H16BrNOS. The van der Waals surface area contributed by atoms with Gasteiger partial charge in [0.15, 0.2) is 0 Å². The van der Waals surface area contributed by atoms with E-state index in [0.29, 0.717) is 4.83 Å². The fourth-order valence-electron chi connectivity index (χ4n) is 1.71. The van der Waals surface area contributed by atoms with Crippen LogP contribution in [0.15, 0.2) is 0 Å². The van der Waals surface area contributed by atoms with Gasteiger partial charge in [-0.1, -0.05) is 15.9 Å². The first-order chi connectivity index (χ1) is 6.77. The maximum absolute atomic E-state index is 11.6. The Labute approximate surface area is 97.7 Å². The van der Waals surface area contributed by atoms with Crippen LogP contribution in [0, 0.1) is 11.8 Å². The van der Waals surface area contributed by atoms with Crippen molar-refractivity contribution in [2.45, 2.75) is 24.1 Å². The highest BCUT2D eigenvalue weighted by molar-refractivity contribution is 9.09. The molecule has 0 radical (unpaired) electrons. The van der Waals surface area contributed by atoms with Crippen LogP contribution < -0.4 is 5.32 Å². The summed E-state index contributed by atoms with van der Waals surface area (Å²) in [5.74, 6) is 3.52. The van der Waals surface area contributed by atoms with Crippen LogP contribution in [0.3, 0.4) is 0 Å². The van der Waals surface area contributed by atoms with E-state index in [2.05, 4.69) is 21.2 Å². The van der Waals surface area contributed by atoms with Crippen molar-refractivity contribution in [2.75, 3.05) is 18.1 Å². The summed E-state index contributed by atoms with van der Waals surface area (Å²) in [6.07, 6.45) is 3.71. The van der Waals surface area contributed by atoms with Gasteiger partial charge in [0.2, 0.25) is 5.91 Å². The third kappa shape index (κ3) is 2.89. The van der Waals surface area contributed by atoms with Crippen molar-refractivity contribution >= 4 is 33.6 Å². The molecule has 1 saturated carbocycles. The molecule has 2 aliphatic rings. The first-order valence-electron chi connectivity index (χ1n) is 5.27. The van der Waals surface area contributed by atoms with Gasteiger partial charge >= 0.3 is 0 Å². The number of hydrogen-bond donors (Lipinski definition) is 1. The average Bonchev–Trinajstić information content (AvgIpc) is 2.90. The molecule has 4 heteroatoms. The molecule has 1 heterocycles. The third-order valence-electron chi connectivity index (χ3n) is 2.91. The van der Waals surface area contributed by atoms with Gasteiger partial charge in [0.1, 0.15) is 0 Å². The molecule has 1 aliphatic heterocycles. The van der Waals surface area contributed by atoms with Crippen molar-refractivity contribution in [3.8, 4) is 0 Å². The molecule has 2 rings (SSSR count). The zero-order valence-electron chi connectivity index (χ0n) is 8.17. The van der Waals surface area contributed by atoms with E-state index in [1.807, 2.05) is 11.8 Å². The van der Waals surface area contributed by atoms with Gasteiger partial charge in [-0.05, 0) is 30.9 Å². The second-order valence-electron chi connectivity index (χ2n) is 4.16. The summed E-state index contributed by atoms with van der Waals surface area (Å²) in [5, 5.41) is 3.05. The van der Waals surface area contributed by atoms with Crippen molar-refractivity contribution < 1.29 is 4.79 Å². The molecule has 2 unspecified atom stereocenters. The van der Waals surface area contributed by atoms with Crippen LogP contribution in [0.5, 0.6) is 0 Å². The van der Waals surface area contributed by atoms with Crippen molar-refractivity contribution in [1.29, 1.82) is 0 Å². The number of rotatable bonds is 4. The van der Waals surface area contributed by atoms with Crippen LogP contribution in [-0.4, -0.2) is 28.8 Å². The second-order valence-corrected chi connectivity index (χ2v) is 6.49. The number of carbonyl (C=O) groups is 1. The quantitative estimate of drug-likeness (QED) is 0.797. The summed E-state index contributed by atoms with van der Waals surface area (Å²) in [5.41, 5.74) is 0. The smallest absolute Gasteiger partial charge is 0.224 e. The van der Waals surface area contributed by atoms with Gasteiger partial charge in [0.05, 0.1) is 0 Å². The van der Waals surface area contributed by atoms with Gasteiger partial charge in [0, 0.05) is 23.0 Å². The number of thioether (sulfide) groups is 1. The molecule has 2 nitrogen and oxygen atoms in total. The predicted octanol–water partition coefficient (Wildman–Crippen LogP) is 2.03. The van der Waals surface area contributed by atoms with Crippen LogP contribution >= 0.6 is 27.7 Å². The molecule has 1 saturated heterocycles. The molecule has 1 N–H and O–H groups in total. The van der Waals surface area contributed by atoms with Crippen LogP contribution in [-0.2, 0) is 4.79 Å². The predicted molar refractivity (Wildman–Crippen MR) is 63.9 cm³/mol. The minimum absolute atomic E-state index is 0.264. The number of carbonyl (C=O) groups excluding carboxylic acids is 1. The summed E-state index contributed by atoms with van der Waals surface area (Å²) in [6, 6.07) is 0. The molecule has 2 atom stereocenters. The van der Waals surface area contributed by atoms with Crippen LogP contribution in [0.4, 0.5) is 0 Å². The van der Waals surface area contributed by atoms with Crippen molar-refractivity contribution in [3.63, 3.8) is 0 Å². The summed E-state index contributed by atoms with van der Waals surface area (Å²) in [4.78, 5) is 12.1. The molecule has 0 aromatic rings. The monoisotopic (exact) mass is 277 g/mol. The molecule has 14 heavy (non-hydrogen) atoms. The lowest BCUT2D eigenvalue weighted by atomic mass is 10.1. The highest BCUT2D eigenvalue weighted by Gasteiger charge is 2.30. The Morgan fingerprint density at radius 1 is 1.50 bits per heavy atom. The van der Waals surface area contributed by atoms with Gasteiger partial charge in [-0.25, -0.2) is 0 Å². The first-order valence-corrected chi connectivity index (χ1v) is 7.34. The Bertz CT molecular complexity index is 214. The molecule has 0 aromatic carbocycles. The standard InChI is InChI=1S/C10H16BrNOS/c11-9(7-1-2-7)5-12-10(13)8-3-4-14-6-8/h7-9H,1-6H2,(H,12,13). The minimum atomic E-state index is 0.264. The van der Waals surface area contributed by atoms with E-state index in [-0.39, 0.29) is 11.8 Å². The summed E-state index contributed by atoms with van der Waals surface area (Å²) >= 11 is 5.51. The molecule has 0 aromatic heterocycles. The van der Waals surface area contributed by atoms with Gasteiger partial charge in [-0.15, -0.1) is 0 Å². The molecular weight excluding hydrogens is 262 g/mol. The largest absolute Gasteiger partial charge is 0.355 e. The van der Waals surface area contributed by atoms with Crippen LogP contribution in [0.25, 0.3) is 0 Å². The summed E-state index contributed by atoms with van der Waals surface area (Å²) in [6.45, 7) is 0.810. The number of nitrogens with one attached hydrogen (secondary N) is 1. The zero-order chi connectivity index (χ0) is 9.97. The Balaban J connectivity index is 1.66. The topological polar surface area (TPSA) is 29.1 Å². The molecule has 1 aliphatic carbocycles. The van der Waals surface area contributed by atoms with E-state index in [1.165, 1.54) is 12.8 Å². The SMILES string of the molecule is O=C(NCC(Br)C1CC1)C1CCSC1. The molecule has 2 fully saturated rings. The van der Waals surface area contributed by atoms with E-state index in [1.54, 1.807) is 0 Å². The van der Waals surface area contributed by atoms with Gasteiger partial charge in [-0.3, -0.25) is 4.79 Å². The maximum Gasteiger partial charge on any atom is 0.224 e. The minimum Gasteiger partial charge on any atom is -0.355 e. The van der Waals surface area contributed by atoms with Crippen molar-refractivity contribution in [1.82, 2.24) is 5.32 Å². The van der Waals surface area contributed by atoms with E-state index in [9.17, 15) is 4.79 Å². The lowest BCUT2D eigenvalue weighted by Gasteiger charge is -2.12. The number of hydrogen-bond acceptors (Lipinski definition) is 2. The Morgan fingerprint density at radius 3 is 2.86 bits per heavy atom. The molecule has 1 amide bonds. The molecule has 80 valence electrons. The third-order valence-corrected chi connectivity index (χ3v) is 5.14. The van der Waals surface area contributed by atoms with E-state index < -0.39 is 0 Å². The highest BCUT2D eigenvalue weighted by atomic mass is 79.9. The normalized spacial score (nSPS) is 28.8. The van der Waals surface area contributed by atoms with E-state index in [0.717, 1.165) is 30.4 Å². The van der Waals surface area contributed by atoms with E-state index in [4.69, 9.17) is 0 Å². The van der Waals surface area contributed by atoms with Crippen molar-refractivity contribution in [3.05, 3.63) is 0 Å².